The van der Waals surface area contributed by atoms with E-state index in [4.69, 9.17) is 21.1 Å². The summed E-state index contributed by atoms with van der Waals surface area (Å²) < 4.78 is 12.4. The molecule has 0 bridgehead atoms. The molecule has 1 N–H and O–H groups in total. The van der Waals surface area contributed by atoms with Crippen LogP contribution >= 0.6 is 11.6 Å². The Morgan fingerprint density at radius 1 is 1.22 bits per heavy atom. The zero-order valence-electron chi connectivity index (χ0n) is 14.8. The predicted octanol–water partition coefficient (Wildman–Crippen LogP) is 3.04. The minimum atomic E-state index is -0.173. The average Bonchev–Trinajstić information content (AvgIpc) is 3.09. The molecule has 0 aliphatic rings. The zero-order chi connectivity index (χ0) is 19.2. The highest BCUT2D eigenvalue weighted by molar-refractivity contribution is 6.30. The molecule has 0 fully saturated rings. The van der Waals surface area contributed by atoms with E-state index in [1.165, 1.54) is 4.68 Å². The first-order valence-corrected chi connectivity index (χ1v) is 8.56. The van der Waals surface area contributed by atoms with E-state index in [1.54, 1.807) is 56.5 Å². The fraction of sp³-hybridized carbons (Fsp3) is 0.222. The summed E-state index contributed by atoms with van der Waals surface area (Å²) in [7, 11) is 1.56. The van der Waals surface area contributed by atoms with Gasteiger partial charge in [-0.2, -0.15) is 4.68 Å². The van der Waals surface area contributed by atoms with Gasteiger partial charge >= 0.3 is 0 Å². The maximum atomic E-state index is 12.2. The van der Waals surface area contributed by atoms with Crippen LogP contribution < -0.4 is 14.8 Å². The SMILES string of the molecule is COc1ccc(NC(=O)CCOc2ccc(Cl)cc2)cc1-n1nnnc1C. The Bertz CT molecular complexity index is 927. The Morgan fingerprint density at radius 3 is 2.67 bits per heavy atom. The number of nitrogens with zero attached hydrogens (tertiary/aromatic N) is 4. The first-order valence-electron chi connectivity index (χ1n) is 8.18. The number of halogens is 1. The van der Waals surface area contributed by atoms with Crippen molar-refractivity contribution in [1.82, 2.24) is 20.2 Å². The summed E-state index contributed by atoms with van der Waals surface area (Å²) in [5.74, 6) is 1.68. The van der Waals surface area contributed by atoms with E-state index in [2.05, 4.69) is 20.8 Å². The van der Waals surface area contributed by atoms with E-state index in [0.717, 1.165) is 0 Å². The molecule has 0 atom stereocenters. The number of carbonyl (C=O) groups is 1. The van der Waals surface area contributed by atoms with Crippen LogP contribution in [0.2, 0.25) is 5.02 Å². The van der Waals surface area contributed by atoms with Crippen LogP contribution in [0.3, 0.4) is 0 Å². The molecular weight excluding hydrogens is 370 g/mol. The molecule has 0 aliphatic heterocycles. The van der Waals surface area contributed by atoms with Gasteiger partial charge in [0.2, 0.25) is 5.91 Å². The Balaban J connectivity index is 1.62. The van der Waals surface area contributed by atoms with Crippen molar-refractivity contribution >= 4 is 23.2 Å². The molecule has 0 saturated heterocycles. The monoisotopic (exact) mass is 387 g/mol. The third kappa shape index (κ3) is 4.73. The molecule has 3 rings (SSSR count). The lowest BCUT2D eigenvalue weighted by molar-refractivity contribution is -0.116. The van der Waals surface area contributed by atoms with Gasteiger partial charge in [0.15, 0.2) is 5.82 Å². The molecule has 0 aliphatic carbocycles. The highest BCUT2D eigenvalue weighted by Gasteiger charge is 2.12. The quantitative estimate of drug-likeness (QED) is 0.670. The minimum absolute atomic E-state index is 0.173. The molecule has 0 radical (unpaired) electrons. The Kier molecular flexibility index (Phi) is 5.87. The number of hydrogen-bond donors (Lipinski definition) is 1. The lowest BCUT2D eigenvalue weighted by Gasteiger charge is -2.12. The first-order chi connectivity index (χ1) is 13.1. The minimum Gasteiger partial charge on any atom is -0.494 e. The number of aryl methyl sites for hydroxylation is 1. The summed E-state index contributed by atoms with van der Waals surface area (Å²) in [4.78, 5) is 12.2. The average molecular weight is 388 g/mol. The number of aromatic nitrogens is 4. The van der Waals surface area contributed by atoms with Crippen molar-refractivity contribution in [1.29, 1.82) is 0 Å². The molecule has 9 heteroatoms. The Labute approximate surface area is 161 Å². The first kappa shape index (κ1) is 18.7. The zero-order valence-corrected chi connectivity index (χ0v) is 15.6. The molecular formula is C18H18ClN5O3. The summed E-state index contributed by atoms with van der Waals surface area (Å²) in [6.45, 7) is 2.03. The number of nitrogens with one attached hydrogen (secondary N) is 1. The Morgan fingerprint density at radius 2 is 2.00 bits per heavy atom. The molecule has 3 aromatic rings. The van der Waals surface area contributed by atoms with Crippen LogP contribution in [0.25, 0.3) is 5.69 Å². The van der Waals surface area contributed by atoms with Crippen molar-refractivity contribution in [2.45, 2.75) is 13.3 Å². The van der Waals surface area contributed by atoms with Crippen LogP contribution in [-0.4, -0.2) is 39.8 Å². The number of rotatable bonds is 7. The summed E-state index contributed by atoms with van der Waals surface area (Å²) in [6.07, 6.45) is 0.202. The molecule has 1 heterocycles. The number of ether oxygens (including phenoxy) is 2. The summed E-state index contributed by atoms with van der Waals surface area (Å²) in [6, 6.07) is 12.2. The van der Waals surface area contributed by atoms with Crippen LogP contribution in [-0.2, 0) is 4.79 Å². The van der Waals surface area contributed by atoms with E-state index in [9.17, 15) is 4.79 Å². The molecule has 2 aromatic carbocycles. The van der Waals surface area contributed by atoms with Gasteiger partial charge in [-0.05, 0) is 59.8 Å². The largest absolute Gasteiger partial charge is 0.494 e. The van der Waals surface area contributed by atoms with Crippen molar-refractivity contribution < 1.29 is 14.3 Å². The number of methoxy groups -OCH3 is 1. The van der Waals surface area contributed by atoms with Gasteiger partial charge in [0.1, 0.15) is 17.2 Å². The van der Waals surface area contributed by atoms with E-state index in [0.29, 0.717) is 33.7 Å². The van der Waals surface area contributed by atoms with Gasteiger partial charge in [0, 0.05) is 10.7 Å². The van der Waals surface area contributed by atoms with Gasteiger partial charge in [-0.3, -0.25) is 4.79 Å². The van der Waals surface area contributed by atoms with Gasteiger partial charge in [-0.25, -0.2) is 0 Å². The van der Waals surface area contributed by atoms with Crippen molar-refractivity contribution in [3.8, 4) is 17.2 Å². The number of tetrazole rings is 1. The van der Waals surface area contributed by atoms with Crippen LogP contribution in [0.1, 0.15) is 12.2 Å². The molecule has 1 amide bonds. The fourth-order valence-corrected chi connectivity index (χ4v) is 2.53. The second kappa shape index (κ2) is 8.50. The Hall–Kier alpha value is -3.13. The van der Waals surface area contributed by atoms with Crippen LogP contribution in [0.4, 0.5) is 5.69 Å². The van der Waals surface area contributed by atoms with Crippen molar-refractivity contribution in [3.05, 3.63) is 53.3 Å². The van der Waals surface area contributed by atoms with Gasteiger partial charge in [0.25, 0.3) is 0 Å². The van der Waals surface area contributed by atoms with Gasteiger partial charge in [-0.1, -0.05) is 11.6 Å². The number of amides is 1. The fourth-order valence-electron chi connectivity index (χ4n) is 2.40. The lowest BCUT2D eigenvalue weighted by Crippen LogP contribution is -2.15. The van der Waals surface area contributed by atoms with E-state index < -0.39 is 0 Å². The van der Waals surface area contributed by atoms with E-state index in [-0.39, 0.29) is 18.9 Å². The third-order valence-corrected chi connectivity index (χ3v) is 3.98. The van der Waals surface area contributed by atoms with Gasteiger partial charge < -0.3 is 14.8 Å². The molecule has 1 aromatic heterocycles. The lowest BCUT2D eigenvalue weighted by atomic mass is 10.2. The van der Waals surface area contributed by atoms with E-state index >= 15 is 0 Å². The smallest absolute Gasteiger partial charge is 0.227 e. The van der Waals surface area contributed by atoms with Gasteiger partial charge in [-0.15, -0.1) is 5.10 Å². The van der Waals surface area contributed by atoms with Crippen molar-refractivity contribution in [2.75, 3.05) is 19.0 Å². The number of benzene rings is 2. The second-order valence-electron chi connectivity index (χ2n) is 5.63. The summed E-state index contributed by atoms with van der Waals surface area (Å²) >= 11 is 5.82. The topological polar surface area (TPSA) is 91.2 Å². The molecule has 0 saturated carbocycles. The number of hydrogen-bond acceptors (Lipinski definition) is 6. The highest BCUT2D eigenvalue weighted by Crippen LogP contribution is 2.26. The van der Waals surface area contributed by atoms with Crippen LogP contribution in [0.15, 0.2) is 42.5 Å². The molecule has 27 heavy (non-hydrogen) atoms. The van der Waals surface area contributed by atoms with Crippen molar-refractivity contribution in [3.63, 3.8) is 0 Å². The highest BCUT2D eigenvalue weighted by atomic mass is 35.5. The molecule has 8 nitrogen and oxygen atoms in total. The van der Waals surface area contributed by atoms with Crippen LogP contribution in [0, 0.1) is 6.92 Å². The maximum absolute atomic E-state index is 12.2. The third-order valence-electron chi connectivity index (χ3n) is 3.73. The normalized spacial score (nSPS) is 10.5. The predicted molar refractivity (Wildman–Crippen MR) is 101 cm³/mol. The molecule has 140 valence electrons. The standard InChI is InChI=1S/C18H18ClN5O3/c1-12-21-22-23-24(12)16-11-14(5-8-17(16)26-2)20-18(25)9-10-27-15-6-3-13(19)4-7-15/h3-8,11H,9-10H2,1-2H3,(H,20,25). The van der Waals surface area contributed by atoms with Gasteiger partial charge in [0.05, 0.1) is 20.1 Å². The molecule has 0 spiro atoms. The molecule has 0 unspecified atom stereocenters. The summed E-state index contributed by atoms with van der Waals surface area (Å²) in [5, 5.41) is 14.9. The van der Waals surface area contributed by atoms with Crippen molar-refractivity contribution in [2.24, 2.45) is 0 Å². The van der Waals surface area contributed by atoms with E-state index in [1.807, 2.05) is 0 Å². The number of anilines is 1. The number of carbonyl (C=O) groups excluding carboxylic acids is 1. The maximum Gasteiger partial charge on any atom is 0.227 e. The van der Waals surface area contributed by atoms with Crippen LogP contribution in [0.5, 0.6) is 11.5 Å². The second-order valence-corrected chi connectivity index (χ2v) is 6.06. The summed E-state index contributed by atoms with van der Waals surface area (Å²) in [5.41, 5.74) is 1.24.